The lowest BCUT2D eigenvalue weighted by Crippen LogP contribution is -2.28. The maximum atomic E-state index is 12.6. The summed E-state index contributed by atoms with van der Waals surface area (Å²) in [7, 11) is 0. The van der Waals surface area contributed by atoms with Crippen molar-refractivity contribution in [1.82, 2.24) is 14.8 Å². The van der Waals surface area contributed by atoms with E-state index in [9.17, 15) is 4.79 Å². The Kier molecular flexibility index (Phi) is 4.08. The van der Waals surface area contributed by atoms with Gasteiger partial charge in [-0.3, -0.25) is 4.79 Å². The van der Waals surface area contributed by atoms with Crippen LogP contribution < -0.4 is 14.8 Å². The van der Waals surface area contributed by atoms with E-state index in [-0.39, 0.29) is 5.78 Å². The van der Waals surface area contributed by atoms with Crippen LogP contribution >= 0.6 is 0 Å². The third-order valence-electron chi connectivity index (χ3n) is 5.15. The molecule has 5 rings (SSSR count). The summed E-state index contributed by atoms with van der Waals surface area (Å²) in [6.45, 7) is 4.50. The van der Waals surface area contributed by atoms with Crippen molar-refractivity contribution in [2.75, 3.05) is 18.5 Å². The Balaban J connectivity index is 1.66. The molecule has 0 aliphatic carbocycles. The summed E-state index contributed by atoms with van der Waals surface area (Å²) < 4.78 is 13.2. The van der Waals surface area contributed by atoms with Gasteiger partial charge in [0, 0.05) is 16.8 Å². The Morgan fingerprint density at radius 1 is 1.10 bits per heavy atom. The number of nitrogens with zero attached hydrogens (tertiary/aromatic N) is 3. The first kappa shape index (κ1) is 17.5. The molecule has 7 heteroatoms. The van der Waals surface area contributed by atoms with Crippen LogP contribution in [0.25, 0.3) is 11.4 Å². The normalized spacial score (nSPS) is 17.5. The van der Waals surface area contributed by atoms with E-state index in [1.807, 2.05) is 55.5 Å². The van der Waals surface area contributed by atoms with Gasteiger partial charge in [0.15, 0.2) is 23.1 Å². The predicted octanol–water partition coefficient (Wildman–Crippen LogP) is 3.59. The second-order valence-corrected chi connectivity index (χ2v) is 7.10. The van der Waals surface area contributed by atoms with Gasteiger partial charge in [-0.05, 0) is 31.5 Å². The summed E-state index contributed by atoms with van der Waals surface area (Å²) >= 11 is 0. The molecule has 0 saturated heterocycles. The molecule has 0 fully saturated rings. The number of anilines is 1. The number of fused-ring (bicyclic) bond motifs is 2. The van der Waals surface area contributed by atoms with E-state index in [1.165, 1.54) is 0 Å². The molecule has 2 aromatic carbocycles. The number of carbonyl (C=O) groups is 1. The van der Waals surface area contributed by atoms with Crippen molar-refractivity contribution >= 4 is 11.7 Å². The summed E-state index contributed by atoms with van der Waals surface area (Å²) in [5, 5.41) is 7.98. The lowest BCUT2D eigenvalue weighted by Gasteiger charge is -2.29. The third kappa shape index (κ3) is 2.95. The number of carbonyl (C=O) groups excluding carboxylic acids is 1. The molecule has 0 radical (unpaired) electrons. The van der Waals surface area contributed by atoms with Gasteiger partial charge in [-0.15, -0.1) is 5.10 Å². The van der Waals surface area contributed by atoms with Crippen LogP contribution in [0.1, 0.15) is 25.5 Å². The molecule has 1 N–H and O–H groups in total. The van der Waals surface area contributed by atoms with Gasteiger partial charge in [0.2, 0.25) is 5.95 Å². The highest BCUT2D eigenvalue weighted by Gasteiger charge is 2.33. The molecule has 0 spiro atoms. The molecule has 0 bridgehead atoms. The van der Waals surface area contributed by atoms with Crippen molar-refractivity contribution in [3.8, 4) is 22.9 Å². The van der Waals surface area contributed by atoms with Gasteiger partial charge in [0.05, 0.1) is 0 Å². The van der Waals surface area contributed by atoms with Crippen molar-refractivity contribution in [2.24, 2.45) is 0 Å². The average molecular weight is 388 g/mol. The van der Waals surface area contributed by atoms with Crippen LogP contribution in [0.4, 0.5) is 5.95 Å². The van der Waals surface area contributed by atoms with Crippen LogP contribution in [0, 0.1) is 0 Å². The molecular weight excluding hydrogens is 368 g/mol. The summed E-state index contributed by atoms with van der Waals surface area (Å²) in [4.78, 5) is 17.2. The molecule has 1 unspecified atom stereocenters. The van der Waals surface area contributed by atoms with Crippen molar-refractivity contribution < 1.29 is 14.3 Å². The van der Waals surface area contributed by atoms with E-state index in [4.69, 9.17) is 14.6 Å². The lowest BCUT2D eigenvalue weighted by molar-refractivity contribution is -0.114. The van der Waals surface area contributed by atoms with Gasteiger partial charge in [-0.2, -0.15) is 4.98 Å². The summed E-state index contributed by atoms with van der Waals surface area (Å²) in [5.41, 5.74) is 3.24. The quantitative estimate of drug-likeness (QED) is 0.739. The van der Waals surface area contributed by atoms with E-state index < -0.39 is 6.04 Å². The van der Waals surface area contributed by atoms with Crippen molar-refractivity contribution in [3.05, 3.63) is 65.4 Å². The van der Waals surface area contributed by atoms with Crippen molar-refractivity contribution in [3.63, 3.8) is 0 Å². The van der Waals surface area contributed by atoms with Gasteiger partial charge < -0.3 is 14.8 Å². The number of ether oxygens (including phenoxy) is 2. The Morgan fingerprint density at radius 3 is 2.62 bits per heavy atom. The summed E-state index contributed by atoms with van der Waals surface area (Å²) in [6.07, 6.45) is 0. The van der Waals surface area contributed by atoms with E-state index in [0.29, 0.717) is 42.1 Å². The molecule has 0 saturated carbocycles. The molecule has 3 heterocycles. The monoisotopic (exact) mass is 388 g/mol. The first-order valence-corrected chi connectivity index (χ1v) is 9.52. The Bertz CT molecular complexity index is 1130. The van der Waals surface area contributed by atoms with E-state index in [1.54, 1.807) is 11.6 Å². The predicted molar refractivity (Wildman–Crippen MR) is 108 cm³/mol. The Labute approximate surface area is 168 Å². The minimum Gasteiger partial charge on any atom is -0.486 e. The maximum Gasteiger partial charge on any atom is 0.226 e. The van der Waals surface area contributed by atoms with Crippen LogP contribution in [-0.4, -0.2) is 33.8 Å². The standard InChI is InChI=1S/C22H20N4O3/c1-13-19(14(2)27)20(16-8-9-17-18(12-16)29-11-10-28-17)26-22(23-13)24-21(25-26)15-6-4-3-5-7-15/h3-9,12,20H,10-11H2,1-2H3,(H,23,24,25). The molecule has 1 atom stereocenters. The largest absolute Gasteiger partial charge is 0.486 e. The average Bonchev–Trinajstić information content (AvgIpc) is 3.16. The zero-order valence-electron chi connectivity index (χ0n) is 16.2. The molecule has 2 aliphatic rings. The number of rotatable bonds is 3. The maximum absolute atomic E-state index is 12.6. The number of aromatic nitrogens is 3. The molecule has 1 aromatic heterocycles. The highest BCUT2D eigenvalue weighted by molar-refractivity contribution is 5.96. The van der Waals surface area contributed by atoms with Crippen LogP contribution in [0.2, 0.25) is 0 Å². The third-order valence-corrected chi connectivity index (χ3v) is 5.15. The molecule has 2 aliphatic heterocycles. The number of allylic oxidation sites excluding steroid dienone is 2. The molecule has 3 aromatic rings. The number of Topliss-reactive ketones (excluding diaryl/α,β-unsaturated/α-hetero) is 1. The zero-order valence-corrected chi connectivity index (χ0v) is 16.2. The van der Waals surface area contributed by atoms with Gasteiger partial charge >= 0.3 is 0 Å². The van der Waals surface area contributed by atoms with Crippen molar-refractivity contribution in [1.29, 1.82) is 0 Å². The first-order chi connectivity index (χ1) is 14.1. The number of hydrogen-bond acceptors (Lipinski definition) is 6. The van der Waals surface area contributed by atoms with Gasteiger partial charge in [0.25, 0.3) is 0 Å². The zero-order chi connectivity index (χ0) is 20.0. The van der Waals surface area contributed by atoms with E-state index in [2.05, 4.69) is 10.3 Å². The fourth-order valence-corrected chi connectivity index (χ4v) is 3.85. The van der Waals surface area contributed by atoms with Crippen LogP contribution in [0.5, 0.6) is 11.5 Å². The van der Waals surface area contributed by atoms with Gasteiger partial charge in [-0.25, -0.2) is 4.68 Å². The second kappa shape index (κ2) is 6.77. The molecule has 146 valence electrons. The lowest BCUT2D eigenvalue weighted by atomic mass is 9.93. The smallest absolute Gasteiger partial charge is 0.226 e. The topological polar surface area (TPSA) is 78.3 Å². The fraction of sp³-hybridized carbons (Fsp3) is 0.227. The van der Waals surface area contributed by atoms with Crippen LogP contribution in [0.15, 0.2) is 59.8 Å². The van der Waals surface area contributed by atoms with E-state index >= 15 is 0 Å². The second-order valence-electron chi connectivity index (χ2n) is 7.10. The molecule has 29 heavy (non-hydrogen) atoms. The minimum atomic E-state index is -0.399. The SMILES string of the molecule is CC(=O)C1=C(C)Nc2nc(-c3ccccc3)nn2C1c1ccc2c(c1)OCCO2. The molecule has 7 nitrogen and oxygen atoms in total. The number of benzene rings is 2. The Morgan fingerprint density at radius 2 is 1.86 bits per heavy atom. The first-order valence-electron chi connectivity index (χ1n) is 9.52. The summed E-state index contributed by atoms with van der Waals surface area (Å²) in [6, 6.07) is 15.1. The fourth-order valence-electron chi connectivity index (χ4n) is 3.85. The number of nitrogens with one attached hydrogen (secondary N) is 1. The van der Waals surface area contributed by atoms with Gasteiger partial charge in [0.1, 0.15) is 19.3 Å². The molecule has 0 amide bonds. The van der Waals surface area contributed by atoms with E-state index in [0.717, 1.165) is 16.8 Å². The van der Waals surface area contributed by atoms with Crippen molar-refractivity contribution in [2.45, 2.75) is 19.9 Å². The highest BCUT2D eigenvalue weighted by atomic mass is 16.6. The minimum absolute atomic E-state index is 0.0164. The van der Waals surface area contributed by atoms with Crippen LogP contribution in [0.3, 0.4) is 0 Å². The highest BCUT2D eigenvalue weighted by Crippen LogP contribution is 2.40. The van der Waals surface area contributed by atoms with Crippen LogP contribution in [-0.2, 0) is 4.79 Å². The number of ketones is 1. The molecular formula is C22H20N4O3. The summed E-state index contributed by atoms with van der Waals surface area (Å²) in [5.74, 6) is 2.58. The number of hydrogen-bond donors (Lipinski definition) is 1. The van der Waals surface area contributed by atoms with Gasteiger partial charge in [-0.1, -0.05) is 36.4 Å². The Hall–Kier alpha value is -3.61.